The average Bonchev–Trinajstić information content (AvgIpc) is 1.67. The molecule has 8 heavy (non-hydrogen) atoms. The lowest BCUT2D eigenvalue weighted by Crippen LogP contribution is -2.21. The Morgan fingerprint density at radius 3 is 2.62 bits per heavy atom. The van der Waals surface area contributed by atoms with Crippen molar-refractivity contribution in [2.75, 3.05) is 6.54 Å². The van der Waals surface area contributed by atoms with Gasteiger partial charge in [0.2, 0.25) is 5.91 Å². The second-order valence-electron chi connectivity index (χ2n) is 1.21. The Kier molecular flexibility index (Phi) is 2.59. The maximum atomic E-state index is 10.1. The largest absolute Gasteiger partial charge is 0.756 e. The summed E-state index contributed by atoms with van der Waals surface area (Å²) in [6.45, 7) is 0.736. The van der Waals surface area contributed by atoms with Gasteiger partial charge < -0.3 is 10.3 Å². The summed E-state index contributed by atoms with van der Waals surface area (Å²) in [6.07, 6.45) is 0. The summed E-state index contributed by atoms with van der Waals surface area (Å²) in [7, 11) is 0. The number of rotatable bonds is 1. The Bertz CT molecular complexity index is 126. The van der Waals surface area contributed by atoms with Crippen molar-refractivity contribution in [1.82, 2.24) is 5.06 Å². The Balaban J connectivity index is 3.52. The van der Waals surface area contributed by atoms with Gasteiger partial charge in [-0.25, -0.2) is 0 Å². The number of carbonyl (C=O) groups excluding carboxylic acids is 1. The van der Waals surface area contributed by atoms with Gasteiger partial charge in [0.05, 0.1) is 12.6 Å². The molecular weight excluding hydrogens is 108 g/mol. The molecule has 0 radical (unpaired) electrons. The zero-order valence-electron chi connectivity index (χ0n) is 4.42. The number of hydroxylamine groups is 2. The first-order valence-electron chi connectivity index (χ1n) is 2.00. The van der Waals surface area contributed by atoms with E-state index < -0.39 is 5.91 Å². The lowest BCUT2D eigenvalue weighted by Gasteiger charge is -2.21. The van der Waals surface area contributed by atoms with Crippen LogP contribution < -0.4 is 0 Å². The standard InChI is InChI=1S/C4H5N2O2/c1-4(7)6(8)3-2-5/h3H2,1H3/q-1. The fourth-order valence-corrected chi connectivity index (χ4v) is 0.176. The molecule has 4 nitrogen and oxygen atoms in total. The highest BCUT2D eigenvalue weighted by Gasteiger charge is 1.90. The molecule has 1 amide bonds. The molecule has 0 bridgehead atoms. The summed E-state index contributed by atoms with van der Waals surface area (Å²) in [6, 6.07) is 1.54. The molecule has 0 aromatic rings. The smallest absolute Gasteiger partial charge is 0.209 e. The molecule has 0 heterocycles. The van der Waals surface area contributed by atoms with Crippen LogP contribution in [-0.2, 0) is 4.79 Å². The van der Waals surface area contributed by atoms with E-state index in [2.05, 4.69) is 0 Å². The highest BCUT2D eigenvalue weighted by Crippen LogP contribution is 1.80. The SMILES string of the molecule is CC(=O)N([O-])CC#N. The van der Waals surface area contributed by atoms with Crippen molar-refractivity contribution in [2.45, 2.75) is 6.92 Å². The maximum absolute atomic E-state index is 10.1. The van der Waals surface area contributed by atoms with Crippen LogP contribution in [0.1, 0.15) is 6.92 Å². The van der Waals surface area contributed by atoms with Gasteiger partial charge in [0.15, 0.2) is 0 Å². The van der Waals surface area contributed by atoms with Crippen molar-refractivity contribution in [2.24, 2.45) is 0 Å². The van der Waals surface area contributed by atoms with E-state index in [0.29, 0.717) is 0 Å². The van der Waals surface area contributed by atoms with E-state index in [1.165, 1.54) is 0 Å². The summed E-state index contributed by atoms with van der Waals surface area (Å²) in [5.74, 6) is -0.633. The van der Waals surface area contributed by atoms with Crippen molar-refractivity contribution in [3.8, 4) is 6.07 Å². The molecule has 0 N–H and O–H groups in total. The molecular formula is C4H5N2O2-. The van der Waals surface area contributed by atoms with E-state index in [1.54, 1.807) is 6.07 Å². The summed E-state index contributed by atoms with van der Waals surface area (Å²) >= 11 is 0. The van der Waals surface area contributed by atoms with E-state index in [1.807, 2.05) is 0 Å². The molecule has 0 aliphatic carbocycles. The van der Waals surface area contributed by atoms with Gasteiger partial charge in [-0.05, 0) is 0 Å². The molecule has 0 aromatic carbocycles. The molecule has 0 saturated heterocycles. The van der Waals surface area contributed by atoms with Gasteiger partial charge in [-0.3, -0.25) is 4.79 Å². The van der Waals surface area contributed by atoms with Crippen LogP contribution in [0.3, 0.4) is 0 Å². The minimum atomic E-state index is -0.633. The first kappa shape index (κ1) is 6.92. The molecule has 0 aliphatic rings. The van der Waals surface area contributed by atoms with E-state index in [-0.39, 0.29) is 11.6 Å². The minimum Gasteiger partial charge on any atom is -0.756 e. The van der Waals surface area contributed by atoms with E-state index in [4.69, 9.17) is 5.26 Å². The number of hydrogen-bond donors (Lipinski definition) is 0. The first-order valence-corrected chi connectivity index (χ1v) is 2.00. The fraction of sp³-hybridized carbons (Fsp3) is 0.500. The van der Waals surface area contributed by atoms with Crippen molar-refractivity contribution < 1.29 is 4.79 Å². The summed E-state index contributed by atoms with van der Waals surface area (Å²) < 4.78 is 0. The van der Waals surface area contributed by atoms with Crippen LogP contribution in [-0.4, -0.2) is 17.5 Å². The van der Waals surface area contributed by atoms with Gasteiger partial charge in [0, 0.05) is 6.92 Å². The van der Waals surface area contributed by atoms with Crippen LogP contribution in [0.25, 0.3) is 0 Å². The van der Waals surface area contributed by atoms with Crippen molar-refractivity contribution in [1.29, 1.82) is 5.26 Å². The third kappa shape index (κ3) is 2.16. The average molecular weight is 113 g/mol. The van der Waals surface area contributed by atoms with Gasteiger partial charge in [-0.1, -0.05) is 0 Å². The Morgan fingerprint density at radius 1 is 2.00 bits per heavy atom. The Hall–Kier alpha value is -1.08. The predicted octanol–water partition coefficient (Wildman–Crippen LogP) is -0.144. The van der Waals surface area contributed by atoms with E-state index in [9.17, 15) is 10.0 Å². The van der Waals surface area contributed by atoms with Gasteiger partial charge >= 0.3 is 0 Å². The molecule has 0 saturated carbocycles. The highest BCUT2D eigenvalue weighted by molar-refractivity contribution is 5.73. The first-order chi connectivity index (χ1) is 3.68. The molecule has 0 atom stereocenters. The number of nitrogens with zero attached hydrogens (tertiary/aromatic N) is 2. The third-order valence-corrected chi connectivity index (χ3v) is 0.566. The monoisotopic (exact) mass is 113 g/mol. The lowest BCUT2D eigenvalue weighted by atomic mass is 10.6. The molecule has 0 aromatic heterocycles. The van der Waals surface area contributed by atoms with E-state index >= 15 is 0 Å². The summed E-state index contributed by atoms with van der Waals surface area (Å²) in [4.78, 5) is 10.00. The summed E-state index contributed by atoms with van der Waals surface area (Å²) in [5, 5.41) is 18.0. The van der Waals surface area contributed by atoms with E-state index in [0.717, 1.165) is 6.92 Å². The lowest BCUT2D eigenvalue weighted by molar-refractivity contribution is -0.125. The van der Waals surface area contributed by atoms with Crippen molar-refractivity contribution in [3.63, 3.8) is 0 Å². The maximum Gasteiger partial charge on any atom is 0.209 e. The van der Waals surface area contributed by atoms with Crippen molar-refractivity contribution in [3.05, 3.63) is 5.21 Å². The van der Waals surface area contributed by atoms with Crippen LogP contribution in [0.5, 0.6) is 0 Å². The van der Waals surface area contributed by atoms with Gasteiger partial charge in [0.25, 0.3) is 0 Å². The molecule has 0 rings (SSSR count). The Morgan fingerprint density at radius 2 is 2.50 bits per heavy atom. The topological polar surface area (TPSA) is 67.2 Å². The van der Waals surface area contributed by atoms with Crippen LogP contribution in [0.2, 0.25) is 0 Å². The van der Waals surface area contributed by atoms with Crippen molar-refractivity contribution >= 4 is 5.91 Å². The number of hydrogen-bond acceptors (Lipinski definition) is 3. The fourth-order valence-electron chi connectivity index (χ4n) is 0.176. The van der Waals surface area contributed by atoms with Gasteiger partial charge in [0.1, 0.15) is 0 Å². The zero-order chi connectivity index (χ0) is 6.57. The quantitative estimate of drug-likeness (QED) is 0.351. The van der Waals surface area contributed by atoms with Gasteiger partial charge in [-0.15, -0.1) is 0 Å². The second-order valence-corrected chi connectivity index (χ2v) is 1.21. The molecule has 0 unspecified atom stereocenters. The van der Waals surface area contributed by atoms with Crippen LogP contribution in [0, 0.1) is 16.5 Å². The number of carbonyl (C=O) groups is 1. The van der Waals surface area contributed by atoms with Crippen LogP contribution in [0.4, 0.5) is 0 Å². The molecule has 4 heteroatoms. The molecule has 0 aliphatic heterocycles. The Labute approximate surface area is 46.9 Å². The van der Waals surface area contributed by atoms with Gasteiger partial charge in [-0.2, -0.15) is 5.26 Å². The second kappa shape index (κ2) is 2.99. The summed E-state index contributed by atoms with van der Waals surface area (Å²) in [5.41, 5.74) is 0. The molecule has 0 spiro atoms. The predicted molar refractivity (Wildman–Crippen MR) is 26.4 cm³/mol. The normalized spacial score (nSPS) is 7.62. The number of nitriles is 1. The zero-order valence-corrected chi connectivity index (χ0v) is 4.42. The minimum absolute atomic E-state index is 0.0972. The highest BCUT2D eigenvalue weighted by atomic mass is 16.5. The molecule has 44 valence electrons. The number of amides is 1. The third-order valence-electron chi connectivity index (χ3n) is 0.566. The van der Waals surface area contributed by atoms with Crippen LogP contribution in [0.15, 0.2) is 0 Å². The van der Waals surface area contributed by atoms with Crippen LogP contribution >= 0.6 is 0 Å². The molecule has 0 fully saturated rings.